The number of amides is 1. The van der Waals surface area contributed by atoms with Crippen LogP contribution in [0.2, 0.25) is 5.02 Å². The molecular weight excluding hydrogens is 462 g/mol. The number of anilines is 1. The summed E-state index contributed by atoms with van der Waals surface area (Å²) < 4.78 is 0. The van der Waals surface area contributed by atoms with Gasteiger partial charge in [-0.05, 0) is 43.7 Å². The van der Waals surface area contributed by atoms with Crippen LogP contribution in [0.3, 0.4) is 0 Å². The molecule has 4 nitrogen and oxygen atoms in total. The fraction of sp³-hybridized carbons (Fsp3) is 0.107. The SMILES string of the molecule is Cc1ccc(-c2cc(-c3ccccc3)nc(S[C@@H](C)C(=O)Nc3cccc(Cl)c3)c2C#N)cc1. The van der Waals surface area contributed by atoms with Crippen LogP contribution in [-0.4, -0.2) is 16.1 Å². The summed E-state index contributed by atoms with van der Waals surface area (Å²) in [6, 6.07) is 29.2. The summed E-state index contributed by atoms with van der Waals surface area (Å²) in [7, 11) is 0. The van der Waals surface area contributed by atoms with Gasteiger partial charge in [0.25, 0.3) is 0 Å². The Morgan fingerprint density at radius 1 is 1.00 bits per heavy atom. The monoisotopic (exact) mass is 483 g/mol. The lowest BCUT2D eigenvalue weighted by Gasteiger charge is -2.16. The van der Waals surface area contributed by atoms with Gasteiger partial charge in [0.2, 0.25) is 5.91 Å². The van der Waals surface area contributed by atoms with E-state index in [1.165, 1.54) is 11.8 Å². The molecule has 0 fully saturated rings. The van der Waals surface area contributed by atoms with Gasteiger partial charge in [-0.3, -0.25) is 4.79 Å². The van der Waals surface area contributed by atoms with Crippen molar-refractivity contribution in [3.05, 3.63) is 101 Å². The number of hydrogen-bond acceptors (Lipinski definition) is 4. The van der Waals surface area contributed by atoms with E-state index in [2.05, 4.69) is 11.4 Å². The van der Waals surface area contributed by atoms with E-state index >= 15 is 0 Å². The number of nitriles is 1. The van der Waals surface area contributed by atoms with Crippen molar-refractivity contribution >= 4 is 35.0 Å². The lowest BCUT2D eigenvalue weighted by Crippen LogP contribution is -2.22. The molecule has 1 heterocycles. The first-order chi connectivity index (χ1) is 16.4. The van der Waals surface area contributed by atoms with E-state index in [1.807, 2.05) is 67.6 Å². The van der Waals surface area contributed by atoms with Crippen LogP contribution in [0.25, 0.3) is 22.4 Å². The van der Waals surface area contributed by atoms with Gasteiger partial charge in [-0.1, -0.05) is 89.6 Å². The number of nitrogens with one attached hydrogen (secondary N) is 1. The summed E-state index contributed by atoms with van der Waals surface area (Å²) in [4.78, 5) is 17.7. The Kier molecular flexibility index (Phi) is 7.32. The molecule has 1 atom stereocenters. The zero-order valence-corrected chi connectivity index (χ0v) is 20.3. The third-order valence-corrected chi connectivity index (χ3v) is 6.60. The smallest absolute Gasteiger partial charge is 0.237 e. The largest absolute Gasteiger partial charge is 0.325 e. The molecule has 0 saturated heterocycles. The highest BCUT2D eigenvalue weighted by molar-refractivity contribution is 8.00. The molecule has 0 bridgehead atoms. The molecule has 34 heavy (non-hydrogen) atoms. The molecule has 0 spiro atoms. The average molecular weight is 484 g/mol. The van der Waals surface area contributed by atoms with Crippen molar-refractivity contribution in [3.8, 4) is 28.5 Å². The van der Waals surface area contributed by atoms with E-state index in [0.717, 1.165) is 27.9 Å². The highest BCUT2D eigenvalue weighted by Gasteiger charge is 2.21. The zero-order valence-electron chi connectivity index (χ0n) is 18.7. The lowest BCUT2D eigenvalue weighted by molar-refractivity contribution is -0.115. The summed E-state index contributed by atoms with van der Waals surface area (Å²) in [6.07, 6.45) is 0. The molecule has 0 aliphatic rings. The van der Waals surface area contributed by atoms with E-state index in [-0.39, 0.29) is 5.91 Å². The average Bonchev–Trinajstić information content (AvgIpc) is 2.84. The summed E-state index contributed by atoms with van der Waals surface area (Å²) in [5.41, 5.74) is 5.63. The molecule has 1 aromatic heterocycles. The number of carbonyl (C=O) groups excluding carboxylic acids is 1. The maximum absolute atomic E-state index is 12.9. The predicted molar refractivity (Wildman–Crippen MR) is 140 cm³/mol. The van der Waals surface area contributed by atoms with Gasteiger partial charge < -0.3 is 5.32 Å². The maximum atomic E-state index is 12.9. The second-order valence-electron chi connectivity index (χ2n) is 7.84. The van der Waals surface area contributed by atoms with Gasteiger partial charge in [-0.15, -0.1) is 0 Å². The number of rotatable bonds is 6. The van der Waals surface area contributed by atoms with Gasteiger partial charge in [-0.2, -0.15) is 5.26 Å². The Bertz CT molecular complexity index is 1370. The molecule has 0 aliphatic heterocycles. The molecule has 4 rings (SSSR count). The number of aromatic nitrogens is 1. The molecule has 0 saturated carbocycles. The van der Waals surface area contributed by atoms with Crippen LogP contribution in [0.15, 0.2) is 90.0 Å². The van der Waals surface area contributed by atoms with Crippen LogP contribution in [0.4, 0.5) is 5.69 Å². The van der Waals surface area contributed by atoms with Gasteiger partial charge >= 0.3 is 0 Å². The fourth-order valence-corrected chi connectivity index (χ4v) is 4.58. The van der Waals surface area contributed by atoms with Crippen molar-refractivity contribution in [2.75, 3.05) is 5.32 Å². The number of halogens is 1. The topological polar surface area (TPSA) is 65.8 Å². The van der Waals surface area contributed by atoms with E-state index in [1.54, 1.807) is 31.2 Å². The Morgan fingerprint density at radius 2 is 1.74 bits per heavy atom. The number of nitrogens with zero attached hydrogens (tertiary/aromatic N) is 2. The van der Waals surface area contributed by atoms with Gasteiger partial charge in [0.1, 0.15) is 11.1 Å². The van der Waals surface area contributed by atoms with Crippen molar-refractivity contribution in [2.45, 2.75) is 24.1 Å². The van der Waals surface area contributed by atoms with Gasteiger partial charge in [-0.25, -0.2) is 4.98 Å². The predicted octanol–water partition coefficient (Wildman–Crippen LogP) is 7.37. The second kappa shape index (κ2) is 10.6. The van der Waals surface area contributed by atoms with Crippen LogP contribution >= 0.6 is 23.4 Å². The summed E-state index contributed by atoms with van der Waals surface area (Å²) in [5, 5.41) is 13.5. The number of thioether (sulfide) groups is 1. The number of carbonyl (C=O) groups is 1. The standard InChI is InChI=1S/C28H22ClN3OS/c1-18-11-13-20(14-12-18)24-16-26(21-7-4-3-5-8-21)32-28(25(24)17-30)34-19(2)27(33)31-23-10-6-9-22(29)15-23/h3-16,19H,1-2H3,(H,31,33)/t19-/m0/s1. The molecule has 168 valence electrons. The molecular formula is C28H22ClN3OS. The molecule has 3 aromatic carbocycles. The first-order valence-electron chi connectivity index (χ1n) is 10.8. The van der Waals surface area contributed by atoms with Gasteiger partial charge in [0.05, 0.1) is 16.5 Å². The number of pyridine rings is 1. The second-order valence-corrected chi connectivity index (χ2v) is 9.60. The first kappa shape index (κ1) is 23.6. The maximum Gasteiger partial charge on any atom is 0.237 e. The van der Waals surface area contributed by atoms with Crippen molar-refractivity contribution in [3.63, 3.8) is 0 Å². The van der Waals surface area contributed by atoms with Gasteiger partial charge in [0, 0.05) is 21.8 Å². The van der Waals surface area contributed by atoms with Crippen LogP contribution in [0.5, 0.6) is 0 Å². The molecule has 6 heteroatoms. The Labute approximate surface area is 208 Å². The minimum absolute atomic E-state index is 0.194. The normalized spacial score (nSPS) is 11.5. The minimum atomic E-state index is -0.490. The van der Waals surface area contributed by atoms with Crippen LogP contribution in [0, 0.1) is 18.3 Å². The Balaban J connectivity index is 1.73. The third-order valence-electron chi connectivity index (χ3n) is 5.28. The lowest BCUT2D eigenvalue weighted by atomic mass is 9.98. The molecule has 4 aromatic rings. The molecule has 1 amide bonds. The highest BCUT2D eigenvalue weighted by Crippen LogP contribution is 2.36. The summed E-state index contributed by atoms with van der Waals surface area (Å²) in [6.45, 7) is 3.83. The molecule has 0 radical (unpaired) electrons. The Morgan fingerprint density at radius 3 is 2.41 bits per heavy atom. The van der Waals surface area contributed by atoms with Crippen LogP contribution in [0.1, 0.15) is 18.1 Å². The van der Waals surface area contributed by atoms with E-state index in [9.17, 15) is 10.1 Å². The quantitative estimate of drug-likeness (QED) is 0.291. The zero-order chi connectivity index (χ0) is 24.1. The fourth-order valence-electron chi connectivity index (χ4n) is 3.46. The van der Waals surface area contributed by atoms with E-state index < -0.39 is 5.25 Å². The van der Waals surface area contributed by atoms with Crippen molar-refractivity contribution in [1.82, 2.24) is 4.98 Å². The number of benzene rings is 3. The first-order valence-corrected chi connectivity index (χ1v) is 12.0. The summed E-state index contributed by atoms with van der Waals surface area (Å²) >= 11 is 7.30. The van der Waals surface area contributed by atoms with Crippen molar-refractivity contribution in [2.24, 2.45) is 0 Å². The highest BCUT2D eigenvalue weighted by atomic mass is 35.5. The Hall–Kier alpha value is -3.59. The molecule has 1 N–H and O–H groups in total. The van der Waals surface area contributed by atoms with Crippen molar-refractivity contribution < 1.29 is 4.79 Å². The number of hydrogen-bond donors (Lipinski definition) is 1. The third kappa shape index (κ3) is 5.48. The van der Waals surface area contributed by atoms with Gasteiger partial charge in [0.15, 0.2) is 0 Å². The van der Waals surface area contributed by atoms with E-state index in [4.69, 9.17) is 16.6 Å². The minimum Gasteiger partial charge on any atom is -0.325 e. The summed E-state index contributed by atoms with van der Waals surface area (Å²) in [5.74, 6) is -0.194. The van der Waals surface area contributed by atoms with Crippen LogP contribution < -0.4 is 5.32 Å². The van der Waals surface area contributed by atoms with E-state index in [0.29, 0.717) is 21.3 Å². The number of aryl methyl sites for hydroxylation is 1. The van der Waals surface area contributed by atoms with Crippen LogP contribution in [-0.2, 0) is 4.79 Å². The molecule has 0 aliphatic carbocycles. The molecule has 0 unspecified atom stereocenters. The van der Waals surface area contributed by atoms with Crippen molar-refractivity contribution in [1.29, 1.82) is 5.26 Å².